The van der Waals surface area contributed by atoms with E-state index in [9.17, 15) is 22.8 Å². The molecule has 4 heterocycles. The lowest BCUT2D eigenvalue weighted by Gasteiger charge is -2.46. The van der Waals surface area contributed by atoms with Crippen molar-refractivity contribution >= 4 is 60.8 Å². The van der Waals surface area contributed by atoms with Crippen LogP contribution in [0.25, 0.3) is 10.1 Å². The number of halogens is 1. The molecular formula is C24H29ClN4O5S2. The average molecular weight is 553 g/mol. The van der Waals surface area contributed by atoms with Gasteiger partial charge in [0.15, 0.2) is 0 Å². The van der Waals surface area contributed by atoms with E-state index in [4.69, 9.17) is 11.6 Å². The normalized spacial score (nSPS) is 24.9. The Labute approximate surface area is 219 Å². The summed E-state index contributed by atoms with van der Waals surface area (Å²) in [6.07, 6.45) is 1.99. The summed E-state index contributed by atoms with van der Waals surface area (Å²) in [5, 5.41) is 1.25. The first-order valence-corrected chi connectivity index (χ1v) is 14.8. The molecule has 0 spiro atoms. The number of carbonyl (C=O) groups is 3. The van der Waals surface area contributed by atoms with E-state index < -0.39 is 16.1 Å². The largest absolute Gasteiger partial charge is 0.342 e. The SMILES string of the molecule is CC(=O)N1CC2CC(C1)CN(C(=O)CN1CCC[C@H](NS(=O)(=O)c3cc4cc(Cl)ccc4s3)C1=O)C2. The summed E-state index contributed by atoms with van der Waals surface area (Å²) in [6.45, 7) is 4.41. The molecule has 194 valence electrons. The zero-order valence-corrected chi connectivity index (χ0v) is 22.4. The van der Waals surface area contributed by atoms with E-state index in [1.807, 2.05) is 4.90 Å². The van der Waals surface area contributed by atoms with Crippen molar-refractivity contribution in [2.45, 2.75) is 36.4 Å². The third-order valence-corrected chi connectivity index (χ3v) is 10.6. The fourth-order valence-corrected chi connectivity index (χ4v) is 8.38. The zero-order valence-electron chi connectivity index (χ0n) is 20.0. The number of piperidine rings is 3. The second kappa shape index (κ2) is 9.92. The van der Waals surface area contributed by atoms with Crippen molar-refractivity contribution in [1.82, 2.24) is 19.4 Å². The molecule has 3 aliphatic rings. The van der Waals surface area contributed by atoms with E-state index in [0.717, 1.165) is 27.8 Å². The van der Waals surface area contributed by atoms with Crippen molar-refractivity contribution in [3.8, 4) is 0 Å². The molecular weight excluding hydrogens is 524 g/mol. The Morgan fingerprint density at radius 1 is 1.11 bits per heavy atom. The average Bonchev–Trinajstić information content (AvgIpc) is 3.25. The molecule has 2 bridgehead atoms. The molecule has 12 heteroatoms. The minimum Gasteiger partial charge on any atom is -0.342 e. The number of sulfonamides is 1. The zero-order chi connectivity index (χ0) is 25.6. The van der Waals surface area contributed by atoms with Crippen LogP contribution < -0.4 is 4.72 Å². The molecule has 5 rings (SSSR count). The van der Waals surface area contributed by atoms with Gasteiger partial charge in [0, 0.05) is 49.4 Å². The van der Waals surface area contributed by atoms with Gasteiger partial charge in [-0.1, -0.05) is 11.6 Å². The fourth-order valence-electron chi connectivity index (χ4n) is 5.58. The molecule has 0 saturated carbocycles. The number of amides is 3. The summed E-state index contributed by atoms with van der Waals surface area (Å²) in [5.74, 6) is 0.0640. The first kappa shape index (κ1) is 25.4. The third kappa shape index (κ3) is 5.25. The number of nitrogens with zero attached hydrogens (tertiary/aromatic N) is 3. The van der Waals surface area contributed by atoms with Gasteiger partial charge < -0.3 is 14.7 Å². The number of hydrogen-bond donors (Lipinski definition) is 1. The van der Waals surface area contributed by atoms with E-state index in [0.29, 0.717) is 50.6 Å². The molecule has 9 nitrogen and oxygen atoms in total. The van der Waals surface area contributed by atoms with Gasteiger partial charge in [-0.25, -0.2) is 8.42 Å². The van der Waals surface area contributed by atoms with Gasteiger partial charge in [0.05, 0.1) is 6.54 Å². The Hall–Kier alpha value is -2.21. The van der Waals surface area contributed by atoms with Gasteiger partial charge in [0.25, 0.3) is 10.0 Å². The van der Waals surface area contributed by atoms with Gasteiger partial charge in [0.1, 0.15) is 10.3 Å². The van der Waals surface area contributed by atoms with Gasteiger partial charge >= 0.3 is 0 Å². The van der Waals surface area contributed by atoms with Crippen LogP contribution in [-0.4, -0.2) is 86.1 Å². The molecule has 2 unspecified atom stereocenters. The highest BCUT2D eigenvalue weighted by atomic mass is 35.5. The predicted molar refractivity (Wildman–Crippen MR) is 137 cm³/mol. The molecule has 0 radical (unpaired) electrons. The van der Waals surface area contributed by atoms with Crippen LogP contribution in [-0.2, 0) is 24.4 Å². The summed E-state index contributed by atoms with van der Waals surface area (Å²) in [7, 11) is -3.91. The van der Waals surface area contributed by atoms with Crippen LogP contribution in [0.15, 0.2) is 28.5 Å². The fraction of sp³-hybridized carbons (Fsp3) is 0.542. The summed E-state index contributed by atoms with van der Waals surface area (Å²) in [4.78, 5) is 43.2. The monoisotopic (exact) mass is 552 g/mol. The van der Waals surface area contributed by atoms with Gasteiger partial charge in [-0.3, -0.25) is 14.4 Å². The standard InChI is InChI=1S/C24H29ClN4O5S2/c1-15(30)28-10-16-7-17(11-28)13-29(12-16)22(31)14-27-6-2-3-20(24(27)32)26-36(33,34)23-9-18-8-19(25)4-5-21(18)35-23/h4-5,8-9,16-17,20,26H,2-3,6-7,10-14H2,1H3/t16?,17?,20-/m0/s1. The molecule has 1 N–H and O–H groups in total. The predicted octanol–water partition coefficient (Wildman–Crippen LogP) is 2.15. The Balaban J connectivity index is 1.22. The number of benzene rings is 1. The van der Waals surface area contributed by atoms with Crippen molar-refractivity contribution < 1.29 is 22.8 Å². The van der Waals surface area contributed by atoms with Crippen molar-refractivity contribution in [3.05, 3.63) is 29.3 Å². The van der Waals surface area contributed by atoms with Crippen LogP contribution >= 0.6 is 22.9 Å². The maximum absolute atomic E-state index is 13.2. The minimum absolute atomic E-state index is 0.0612. The van der Waals surface area contributed by atoms with Crippen molar-refractivity contribution in [2.75, 3.05) is 39.3 Å². The maximum Gasteiger partial charge on any atom is 0.250 e. The quantitative estimate of drug-likeness (QED) is 0.611. The van der Waals surface area contributed by atoms with E-state index in [1.165, 1.54) is 4.90 Å². The van der Waals surface area contributed by atoms with Gasteiger partial charge in [-0.15, -0.1) is 11.3 Å². The Kier molecular flexibility index (Phi) is 7.01. The molecule has 3 saturated heterocycles. The first-order chi connectivity index (χ1) is 17.1. The highest BCUT2D eigenvalue weighted by Gasteiger charge is 2.39. The minimum atomic E-state index is -3.91. The topological polar surface area (TPSA) is 107 Å². The van der Waals surface area contributed by atoms with Gasteiger partial charge in [-0.05, 0) is 60.7 Å². The van der Waals surface area contributed by atoms with Crippen molar-refractivity contribution in [3.63, 3.8) is 0 Å². The molecule has 1 aromatic carbocycles. The molecule has 3 fully saturated rings. The lowest BCUT2D eigenvalue weighted by atomic mass is 9.84. The number of carbonyl (C=O) groups excluding carboxylic acids is 3. The van der Waals surface area contributed by atoms with Crippen LogP contribution in [0, 0.1) is 11.8 Å². The van der Waals surface area contributed by atoms with E-state index in [2.05, 4.69) is 4.72 Å². The number of rotatable bonds is 5. The number of fused-ring (bicyclic) bond motifs is 3. The van der Waals surface area contributed by atoms with E-state index in [-0.39, 0.29) is 40.3 Å². The molecule has 2 aromatic rings. The summed E-state index contributed by atoms with van der Waals surface area (Å²) < 4.78 is 29.6. The van der Waals surface area contributed by atoms with Gasteiger partial charge in [0.2, 0.25) is 17.7 Å². The van der Waals surface area contributed by atoms with Crippen LogP contribution in [0.2, 0.25) is 5.02 Å². The molecule has 3 atom stereocenters. The number of hydrogen-bond acceptors (Lipinski definition) is 6. The lowest BCUT2D eigenvalue weighted by Crippen LogP contribution is -2.58. The first-order valence-electron chi connectivity index (χ1n) is 12.1. The molecule has 36 heavy (non-hydrogen) atoms. The van der Waals surface area contributed by atoms with Crippen LogP contribution in [0.1, 0.15) is 26.2 Å². The molecule has 1 aromatic heterocycles. The Morgan fingerprint density at radius 3 is 2.50 bits per heavy atom. The highest BCUT2D eigenvalue weighted by Crippen LogP contribution is 2.32. The van der Waals surface area contributed by atoms with Crippen LogP contribution in [0.5, 0.6) is 0 Å². The molecule has 0 aliphatic carbocycles. The molecule has 3 aliphatic heterocycles. The second-order valence-corrected chi connectivity index (χ2v) is 13.5. The van der Waals surface area contributed by atoms with E-state index in [1.54, 1.807) is 36.1 Å². The highest BCUT2D eigenvalue weighted by molar-refractivity contribution is 7.91. The second-order valence-electron chi connectivity index (χ2n) is 10.0. The summed E-state index contributed by atoms with van der Waals surface area (Å²) in [5.41, 5.74) is 0. The Morgan fingerprint density at radius 2 is 1.81 bits per heavy atom. The third-order valence-electron chi connectivity index (χ3n) is 7.25. The number of nitrogens with one attached hydrogen (secondary N) is 1. The lowest BCUT2D eigenvalue weighted by molar-refractivity contribution is -0.146. The summed E-state index contributed by atoms with van der Waals surface area (Å²) in [6, 6.07) is 5.84. The summed E-state index contributed by atoms with van der Waals surface area (Å²) >= 11 is 7.14. The van der Waals surface area contributed by atoms with Gasteiger partial charge in [-0.2, -0.15) is 4.72 Å². The maximum atomic E-state index is 13.2. The van der Waals surface area contributed by atoms with Crippen molar-refractivity contribution in [1.29, 1.82) is 0 Å². The molecule has 3 amide bonds. The van der Waals surface area contributed by atoms with E-state index >= 15 is 0 Å². The van der Waals surface area contributed by atoms with Crippen LogP contribution in [0.4, 0.5) is 0 Å². The smallest absolute Gasteiger partial charge is 0.250 e. The Bertz CT molecular complexity index is 1300. The van der Waals surface area contributed by atoms with Crippen molar-refractivity contribution in [2.24, 2.45) is 11.8 Å². The number of likely N-dealkylation sites (tertiary alicyclic amines) is 3. The number of thiophene rings is 1. The van der Waals surface area contributed by atoms with Crippen LogP contribution in [0.3, 0.4) is 0 Å².